The minimum Gasteiger partial charge on any atom is -0.326 e. The molecule has 3 N–H and O–H groups in total. The summed E-state index contributed by atoms with van der Waals surface area (Å²) >= 11 is 0. The minimum absolute atomic E-state index is 0.0559. The monoisotopic (exact) mass is 294 g/mol. The van der Waals surface area contributed by atoms with Crippen molar-refractivity contribution in [1.29, 1.82) is 0 Å². The van der Waals surface area contributed by atoms with Gasteiger partial charge in [-0.05, 0) is 42.3 Å². The maximum atomic E-state index is 13.7. The Kier molecular flexibility index (Phi) is 4.06. The quantitative estimate of drug-likeness (QED) is 0.909. The Morgan fingerprint density at radius 1 is 1.20 bits per heavy atom. The summed E-state index contributed by atoms with van der Waals surface area (Å²) in [6.45, 7) is 1.97. The number of benzene rings is 2. The van der Waals surface area contributed by atoms with Gasteiger partial charge in [0.15, 0.2) is 0 Å². The summed E-state index contributed by atoms with van der Waals surface area (Å²) in [5.41, 5.74) is 6.81. The van der Waals surface area contributed by atoms with Gasteiger partial charge in [-0.1, -0.05) is 18.2 Å². The van der Waals surface area contributed by atoms with E-state index in [1.54, 1.807) is 25.1 Å². The van der Waals surface area contributed by atoms with Gasteiger partial charge in [0.1, 0.15) is 5.82 Å². The fraction of sp³-hybridized carbons (Fsp3) is 0.143. The maximum absolute atomic E-state index is 13.7. The van der Waals surface area contributed by atoms with Crippen LogP contribution in [0.2, 0.25) is 0 Å². The van der Waals surface area contributed by atoms with Crippen molar-refractivity contribution in [1.82, 2.24) is 0 Å². The van der Waals surface area contributed by atoms with Crippen LogP contribution in [0, 0.1) is 12.7 Å². The highest BCUT2D eigenvalue weighted by atomic mass is 32.2. The van der Waals surface area contributed by atoms with Crippen molar-refractivity contribution in [2.24, 2.45) is 5.73 Å². The number of anilines is 1. The van der Waals surface area contributed by atoms with Crippen LogP contribution in [0.3, 0.4) is 0 Å². The van der Waals surface area contributed by atoms with Gasteiger partial charge in [-0.25, -0.2) is 12.8 Å². The Balaban J connectivity index is 2.35. The average molecular weight is 294 g/mol. The number of hydrogen-bond donors (Lipinski definition) is 2. The Morgan fingerprint density at radius 2 is 1.95 bits per heavy atom. The summed E-state index contributed by atoms with van der Waals surface area (Å²) in [5.74, 6) is -0.608. The molecule has 0 heterocycles. The van der Waals surface area contributed by atoms with Crippen LogP contribution in [-0.2, 0) is 16.6 Å². The molecule has 0 aromatic heterocycles. The molecular weight excluding hydrogens is 279 g/mol. The highest BCUT2D eigenvalue weighted by molar-refractivity contribution is 7.92. The fourth-order valence-corrected chi connectivity index (χ4v) is 2.88. The smallest absolute Gasteiger partial charge is 0.261 e. The molecular formula is C14H15FN2O2S. The van der Waals surface area contributed by atoms with Gasteiger partial charge in [-0.2, -0.15) is 0 Å². The summed E-state index contributed by atoms with van der Waals surface area (Å²) in [5, 5.41) is 0. The Bertz CT molecular complexity index is 730. The van der Waals surface area contributed by atoms with Gasteiger partial charge < -0.3 is 5.73 Å². The highest BCUT2D eigenvalue weighted by Gasteiger charge is 2.16. The van der Waals surface area contributed by atoms with Crippen LogP contribution in [0.4, 0.5) is 10.1 Å². The van der Waals surface area contributed by atoms with Crippen LogP contribution in [0.1, 0.15) is 11.1 Å². The Morgan fingerprint density at radius 3 is 2.60 bits per heavy atom. The van der Waals surface area contributed by atoms with Gasteiger partial charge in [-0.15, -0.1) is 0 Å². The first kappa shape index (κ1) is 14.5. The number of hydrogen-bond acceptors (Lipinski definition) is 3. The van der Waals surface area contributed by atoms with Crippen molar-refractivity contribution in [3.8, 4) is 0 Å². The standard InChI is InChI=1S/C14H15FN2O2S/c1-10-5-6-14(13(15)7-10)17-20(18,19)12-4-2-3-11(8-12)9-16/h2-8,17H,9,16H2,1H3. The molecule has 0 saturated heterocycles. The molecule has 0 spiro atoms. The van der Waals surface area contributed by atoms with Crippen molar-refractivity contribution in [2.75, 3.05) is 4.72 Å². The van der Waals surface area contributed by atoms with Crippen molar-refractivity contribution >= 4 is 15.7 Å². The molecule has 0 aliphatic rings. The van der Waals surface area contributed by atoms with E-state index < -0.39 is 15.8 Å². The normalized spacial score (nSPS) is 11.3. The third-order valence-electron chi connectivity index (χ3n) is 2.81. The summed E-state index contributed by atoms with van der Waals surface area (Å²) in [7, 11) is -3.83. The van der Waals surface area contributed by atoms with E-state index in [1.807, 2.05) is 0 Å². The maximum Gasteiger partial charge on any atom is 0.261 e. The lowest BCUT2D eigenvalue weighted by atomic mass is 10.2. The molecule has 0 aliphatic heterocycles. The van der Waals surface area contributed by atoms with Gasteiger partial charge >= 0.3 is 0 Å². The molecule has 6 heteroatoms. The molecule has 0 aliphatic carbocycles. The zero-order chi connectivity index (χ0) is 14.8. The third-order valence-corrected chi connectivity index (χ3v) is 4.18. The van der Waals surface area contributed by atoms with Gasteiger partial charge in [0, 0.05) is 6.54 Å². The molecule has 2 rings (SSSR count). The van der Waals surface area contributed by atoms with Gasteiger partial charge in [0.25, 0.3) is 10.0 Å². The van der Waals surface area contributed by atoms with Crippen LogP contribution in [0.25, 0.3) is 0 Å². The highest BCUT2D eigenvalue weighted by Crippen LogP contribution is 2.20. The fourth-order valence-electron chi connectivity index (χ4n) is 1.75. The van der Waals surface area contributed by atoms with E-state index in [0.717, 1.165) is 5.56 Å². The Hall–Kier alpha value is -1.92. The topological polar surface area (TPSA) is 72.2 Å². The molecule has 20 heavy (non-hydrogen) atoms. The first-order valence-electron chi connectivity index (χ1n) is 6.00. The molecule has 2 aromatic carbocycles. The lowest BCUT2D eigenvalue weighted by molar-refractivity contribution is 0.598. The van der Waals surface area contributed by atoms with E-state index in [-0.39, 0.29) is 17.1 Å². The summed E-state index contributed by atoms with van der Waals surface area (Å²) in [6.07, 6.45) is 0. The van der Waals surface area contributed by atoms with Crippen LogP contribution >= 0.6 is 0 Å². The molecule has 0 atom stereocenters. The van der Waals surface area contributed by atoms with Crippen LogP contribution in [0.5, 0.6) is 0 Å². The van der Waals surface area contributed by atoms with Crippen LogP contribution in [-0.4, -0.2) is 8.42 Å². The zero-order valence-electron chi connectivity index (χ0n) is 10.9. The molecule has 0 fully saturated rings. The predicted octanol–water partition coefficient (Wildman–Crippen LogP) is 2.39. The summed E-state index contributed by atoms with van der Waals surface area (Å²) in [4.78, 5) is 0.0559. The van der Waals surface area contributed by atoms with Crippen LogP contribution < -0.4 is 10.5 Å². The molecule has 0 saturated carbocycles. The van der Waals surface area contributed by atoms with Gasteiger partial charge in [0.2, 0.25) is 0 Å². The summed E-state index contributed by atoms with van der Waals surface area (Å²) in [6, 6.07) is 10.5. The largest absolute Gasteiger partial charge is 0.326 e. The number of aryl methyl sites for hydroxylation is 1. The van der Waals surface area contributed by atoms with Gasteiger partial charge in [0.05, 0.1) is 10.6 Å². The molecule has 0 bridgehead atoms. The molecule has 106 valence electrons. The lowest BCUT2D eigenvalue weighted by Gasteiger charge is -2.10. The summed E-state index contributed by atoms with van der Waals surface area (Å²) < 4.78 is 40.3. The van der Waals surface area contributed by atoms with Crippen molar-refractivity contribution in [3.63, 3.8) is 0 Å². The number of rotatable bonds is 4. The third kappa shape index (κ3) is 3.15. The second-order valence-corrected chi connectivity index (χ2v) is 6.12. The van der Waals surface area contributed by atoms with E-state index in [0.29, 0.717) is 5.56 Å². The van der Waals surface area contributed by atoms with Crippen molar-refractivity contribution in [2.45, 2.75) is 18.4 Å². The molecule has 0 radical (unpaired) electrons. The van der Waals surface area contributed by atoms with E-state index in [9.17, 15) is 12.8 Å². The van der Waals surface area contributed by atoms with Crippen molar-refractivity contribution < 1.29 is 12.8 Å². The molecule has 0 unspecified atom stereocenters. The second-order valence-electron chi connectivity index (χ2n) is 4.44. The van der Waals surface area contributed by atoms with Crippen molar-refractivity contribution in [3.05, 3.63) is 59.4 Å². The second kappa shape index (κ2) is 5.60. The SMILES string of the molecule is Cc1ccc(NS(=O)(=O)c2cccc(CN)c2)c(F)c1. The zero-order valence-corrected chi connectivity index (χ0v) is 11.7. The average Bonchev–Trinajstić information content (AvgIpc) is 2.42. The minimum atomic E-state index is -3.83. The number of halogens is 1. The predicted molar refractivity (Wildman–Crippen MR) is 76.3 cm³/mol. The Labute approximate surface area is 117 Å². The van der Waals surface area contributed by atoms with E-state index >= 15 is 0 Å². The van der Waals surface area contributed by atoms with Crippen LogP contribution in [0.15, 0.2) is 47.4 Å². The molecule has 2 aromatic rings. The first-order chi connectivity index (χ1) is 9.42. The molecule has 4 nitrogen and oxygen atoms in total. The lowest BCUT2D eigenvalue weighted by Crippen LogP contribution is -2.14. The molecule has 0 amide bonds. The number of nitrogens with one attached hydrogen (secondary N) is 1. The number of sulfonamides is 1. The number of nitrogens with two attached hydrogens (primary N) is 1. The van der Waals surface area contributed by atoms with E-state index in [4.69, 9.17) is 5.73 Å². The van der Waals surface area contributed by atoms with Gasteiger partial charge in [-0.3, -0.25) is 4.72 Å². The van der Waals surface area contributed by atoms with E-state index in [1.165, 1.54) is 24.3 Å². The first-order valence-corrected chi connectivity index (χ1v) is 7.48. The van der Waals surface area contributed by atoms with E-state index in [2.05, 4.69) is 4.72 Å².